The SMILES string of the molecule is CC1CC(C(=O)N(C)C(C)C)(C(N)=NO)C1. The van der Waals surface area contributed by atoms with Crippen molar-refractivity contribution in [3.05, 3.63) is 0 Å². The summed E-state index contributed by atoms with van der Waals surface area (Å²) in [6, 6.07) is 0.117. The van der Waals surface area contributed by atoms with Crippen LogP contribution in [0, 0.1) is 11.3 Å². The molecule has 0 radical (unpaired) electrons. The first-order chi connectivity index (χ1) is 7.35. The van der Waals surface area contributed by atoms with Gasteiger partial charge in [0.15, 0.2) is 5.84 Å². The fraction of sp³-hybridized carbons (Fsp3) is 0.818. The van der Waals surface area contributed by atoms with E-state index in [-0.39, 0.29) is 17.8 Å². The van der Waals surface area contributed by atoms with Crippen molar-refractivity contribution >= 4 is 11.7 Å². The van der Waals surface area contributed by atoms with Crippen LogP contribution < -0.4 is 5.73 Å². The van der Waals surface area contributed by atoms with E-state index in [0.29, 0.717) is 18.8 Å². The monoisotopic (exact) mass is 227 g/mol. The van der Waals surface area contributed by atoms with Gasteiger partial charge in [0.05, 0.1) is 0 Å². The van der Waals surface area contributed by atoms with Crippen molar-refractivity contribution in [2.24, 2.45) is 22.2 Å². The maximum Gasteiger partial charge on any atom is 0.236 e. The molecular weight excluding hydrogens is 206 g/mol. The van der Waals surface area contributed by atoms with Crippen molar-refractivity contribution < 1.29 is 10.0 Å². The summed E-state index contributed by atoms with van der Waals surface area (Å²) < 4.78 is 0. The van der Waals surface area contributed by atoms with E-state index in [4.69, 9.17) is 10.9 Å². The summed E-state index contributed by atoms with van der Waals surface area (Å²) in [4.78, 5) is 13.9. The molecule has 92 valence electrons. The molecule has 5 heteroatoms. The van der Waals surface area contributed by atoms with Crippen LogP contribution >= 0.6 is 0 Å². The van der Waals surface area contributed by atoms with Crippen LogP contribution in [0.4, 0.5) is 0 Å². The Hall–Kier alpha value is -1.26. The summed E-state index contributed by atoms with van der Waals surface area (Å²) in [6.07, 6.45) is 1.33. The normalized spacial score (nSPS) is 30.1. The van der Waals surface area contributed by atoms with E-state index in [1.807, 2.05) is 13.8 Å². The van der Waals surface area contributed by atoms with Gasteiger partial charge in [0.1, 0.15) is 5.41 Å². The number of amides is 1. The van der Waals surface area contributed by atoms with Gasteiger partial charge >= 0.3 is 0 Å². The molecule has 1 rings (SSSR count). The molecule has 5 nitrogen and oxygen atoms in total. The minimum atomic E-state index is -0.771. The van der Waals surface area contributed by atoms with Crippen LogP contribution in [-0.2, 0) is 4.79 Å². The first-order valence-corrected chi connectivity index (χ1v) is 5.60. The van der Waals surface area contributed by atoms with Crippen LogP contribution in [0.5, 0.6) is 0 Å². The van der Waals surface area contributed by atoms with Gasteiger partial charge in [-0.25, -0.2) is 0 Å². The average Bonchev–Trinajstić information content (AvgIpc) is 2.21. The number of nitrogens with zero attached hydrogens (tertiary/aromatic N) is 2. The number of amidine groups is 1. The molecule has 0 aromatic rings. The van der Waals surface area contributed by atoms with E-state index in [0.717, 1.165) is 0 Å². The van der Waals surface area contributed by atoms with Crippen LogP contribution in [0.25, 0.3) is 0 Å². The minimum absolute atomic E-state index is 0.0445. The predicted molar refractivity (Wildman–Crippen MR) is 62.1 cm³/mol. The van der Waals surface area contributed by atoms with Crippen molar-refractivity contribution in [3.63, 3.8) is 0 Å². The van der Waals surface area contributed by atoms with Crippen LogP contribution in [0.3, 0.4) is 0 Å². The van der Waals surface area contributed by atoms with Gasteiger partial charge in [0, 0.05) is 13.1 Å². The summed E-state index contributed by atoms with van der Waals surface area (Å²) in [5.41, 5.74) is 4.90. The van der Waals surface area contributed by atoms with E-state index in [2.05, 4.69) is 12.1 Å². The second-order valence-corrected chi connectivity index (χ2v) is 5.09. The highest BCUT2D eigenvalue weighted by molar-refractivity contribution is 6.07. The number of carbonyl (C=O) groups is 1. The Morgan fingerprint density at radius 2 is 2.06 bits per heavy atom. The Morgan fingerprint density at radius 3 is 2.38 bits per heavy atom. The summed E-state index contributed by atoms with van der Waals surface area (Å²) in [5.74, 6) is 0.448. The summed E-state index contributed by atoms with van der Waals surface area (Å²) in [7, 11) is 1.75. The Bertz CT molecular complexity index is 306. The maximum absolute atomic E-state index is 12.3. The average molecular weight is 227 g/mol. The van der Waals surface area contributed by atoms with Crippen LogP contribution in [0.2, 0.25) is 0 Å². The molecule has 0 saturated heterocycles. The number of hydrogen-bond donors (Lipinski definition) is 2. The van der Waals surface area contributed by atoms with E-state index in [9.17, 15) is 4.79 Å². The molecule has 0 atom stereocenters. The molecule has 1 aliphatic carbocycles. The van der Waals surface area contributed by atoms with Crippen molar-refractivity contribution in [2.45, 2.75) is 39.7 Å². The third-order valence-electron chi connectivity index (χ3n) is 3.50. The van der Waals surface area contributed by atoms with Gasteiger partial charge in [0.2, 0.25) is 5.91 Å². The first-order valence-electron chi connectivity index (χ1n) is 5.60. The van der Waals surface area contributed by atoms with Crippen LogP contribution in [0.1, 0.15) is 33.6 Å². The number of hydrogen-bond acceptors (Lipinski definition) is 3. The zero-order valence-corrected chi connectivity index (χ0v) is 10.4. The summed E-state index contributed by atoms with van der Waals surface area (Å²) >= 11 is 0. The molecule has 0 spiro atoms. The molecule has 0 aliphatic heterocycles. The molecule has 1 amide bonds. The largest absolute Gasteiger partial charge is 0.409 e. The van der Waals surface area contributed by atoms with Gasteiger partial charge in [-0.15, -0.1) is 0 Å². The number of oxime groups is 1. The molecule has 0 heterocycles. The summed E-state index contributed by atoms with van der Waals surface area (Å²) in [6.45, 7) is 5.95. The van der Waals surface area contributed by atoms with Crippen molar-refractivity contribution in [1.82, 2.24) is 4.90 Å². The smallest absolute Gasteiger partial charge is 0.236 e. The van der Waals surface area contributed by atoms with Crippen LogP contribution in [-0.4, -0.2) is 34.9 Å². The third-order valence-corrected chi connectivity index (χ3v) is 3.50. The molecular formula is C11H21N3O2. The van der Waals surface area contributed by atoms with Crippen molar-refractivity contribution in [1.29, 1.82) is 0 Å². The van der Waals surface area contributed by atoms with Crippen molar-refractivity contribution in [3.8, 4) is 0 Å². The van der Waals surface area contributed by atoms with Crippen LogP contribution in [0.15, 0.2) is 5.16 Å². The molecule has 1 aliphatic rings. The van der Waals surface area contributed by atoms with Gasteiger partial charge in [-0.2, -0.15) is 0 Å². The second kappa shape index (κ2) is 4.31. The van der Waals surface area contributed by atoms with Gasteiger partial charge in [0.25, 0.3) is 0 Å². The molecule has 0 aromatic heterocycles. The van der Waals surface area contributed by atoms with E-state index < -0.39 is 5.41 Å². The predicted octanol–water partition coefficient (Wildman–Crippen LogP) is 1.02. The zero-order chi connectivity index (χ0) is 12.5. The molecule has 16 heavy (non-hydrogen) atoms. The Morgan fingerprint density at radius 1 is 1.56 bits per heavy atom. The Kier molecular flexibility index (Phi) is 3.45. The van der Waals surface area contributed by atoms with E-state index in [1.54, 1.807) is 11.9 Å². The number of rotatable bonds is 3. The highest BCUT2D eigenvalue weighted by Gasteiger charge is 2.53. The molecule has 0 bridgehead atoms. The Balaban J connectivity index is 2.92. The number of carbonyl (C=O) groups excluding carboxylic acids is 1. The Labute approximate surface area is 96.3 Å². The first kappa shape index (κ1) is 12.8. The fourth-order valence-electron chi connectivity index (χ4n) is 2.29. The molecule has 0 unspecified atom stereocenters. The molecule has 0 aromatic carbocycles. The lowest BCUT2D eigenvalue weighted by Crippen LogP contribution is -2.58. The van der Waals surface area contributed by atoms with Gasteiger partial charge in [-0.05, 0) is 32.6 Å². The minimum Gasteiger partial charge on any atom is -0.409 e. The lowest BCUT2D eigenvalue weighted by molar-refractivity contribution is -0.144. The lowest BCUT2D eigenvalue weighted by atomic mass is 9.61. The lowest BCUT2D eigenvalue weighted by Gasteiger charge is -2.46. The van der Waals surface area contributed by atoms with E-state index in [1.165, 1.54) is 0 Å². The zero-order valence-electron chi connectivity index (χ0n) is 10.4. The molecule has 1 saturated carbocycles. The van der Waals surface area contributed by atoms with Gasteiger partial charge in [-0.3, -0.25) is 4.79 Å². The highest BCUT2D eigenvalue weighted by Crippen LogP contribution is 2.47. The topological polar surface area (TPSA) is 78.9 Å². The third kappa shape index (κ3) is 1.86. The molecule has 1 fully saturated rings. The van der Waals surface area contributed by atoms with Gasteiger partial charge in [-0.1, -0.05) is 12.1 Å². The second-order valence-electron chi connectivity index (χ2n) is 5.09. The number of nitrogens with two attached hydrogens (primary N) is 1. The van der Waals surface area contributed by atoms with Crippen molar-refractivity contribution in [2.75, 3.05) is 7.05 Å². The molecule has 3 N–H and O–H groups in total. The van der Waals surface area contributed by atoms with Gasteiger partial charge < -0.3 is 15.8 Å². The maximum atomic E-state index is 12.3. The quantitative estimate of drug-likeness (QED) is 0.327. The summed E-state index contributed by atoms with van der Waals surface area (Å²) in [5, 5.41) is 11.8. The standard InChI is InChI=1S/C11H21N3O2/c1-7(2)14(4)10(15)11(9(12)13-16)5-8(3)6-11/h7-8,16H,5-6H2,1-4H3,(H2,12,13). The van der Waals surface area contributed by atoms with E-state index >= 15 is 0 Å². The highest BCUT2D eigenvalue weighted by atomic mass is 16.4. The fourth-order valence-corrected chi connectivity index (χ4v) is 2.29.